The van der Waals surface area contributed by atoms with Gasteiger partial charge in [-0.2, -0.15) is 0 Å². The molecule has 0 unspecified atom stereocenters. The molecule has 4 nitrogen and oxygen atoms in total. The van der Waals surface area contributed by atoms with Crippen LogP contribution < -0.4 is 0 Å². The van der Waals surface area contributed by atoms with Crippen molar-refractivity contribution in [2.75, 3.05) is 6.61 Å². The maximum atomic E-state index is 13.4. The third kappa shape index (κ3) is 3.63. The first-order valence-electron chi connectivity index (χ1n) is 5.14. The van der Waals surface area contributed by atoms with E-state index >= 15 is 0 Å². The second-order valence-electron chi connectivity index (χ2n) is 3.37. The van der Waals surface area contributed by atoms with Crippen LogP contribution in [0.4, 0.5) is 4.39 Å². The topological polar surface area (TPSA) is 60.4 Å². The summed E-state index contributed by atoms with van der Waals surface area (Å²) < 4.78 is 17.8. The summed E-state index contributed by atoms with van der Waals surface area (Å²) in [6, 6.07) is 3.45. The first-order valence-corrected chi connectivity index (χ1v) is 5.51. The molecule has 1 aromatic carbocycles. The first-order chi connectivity index (χ1) is 8.45. The Morgan fingerprint density at radius 2 is 2.00 bits per heavy atom. The Labute approximate surface area is 108 Å². The van der Waals surface area contributed by atoms with Crippen molar-refractivity contribution < 1.29 is 23.5 Å². The number of rotatable bonds is 5. The van der Waals surface area contributed by atoms with Crippen LogP contribution in [-0.4, -0.2) is 24.1 Å². The molecule has 0 atom stereocenters. The molecule has 18 heavy (non-hydrogen) atoms. The third-order valence-electron chi connectivity index (χ3n) is 2.06. The molecule has 0 N–H and O–H groups in total. The van der Waals surface area contributed by atoms with E-state index in [1.54, 1.807) is 0 Å². The molecule has 96 valence electrons. The standard InChI is InChI=1S/C12H10ClFO4/c1-2-18-12(17)11(16)6-10(15)8-4-3-7(13)5-9(8)14/h3-5H,2,6H2,1H3. The molecule has 1 rings (SSSR count). The zero-order valence-corrected chi connectivity index (χ0v) is 10.3. The average Bonchev–Trinajstić information content (AvgIpc) is 2.28. The van der Waals surface area contributed by atoms with Crippen molar-refractivity contribution >= 4 is 29.1 Å². The van der Waals surface area contributed by atoms with Crippen LogP contribution in [0, 0.1) is 5.82 Å². The number of ketones is 2. The summed E-state index contributed by atoms with van der Waals surface area (Å²) in [5.41, 5.74) is -0.281. The lowest BCUT2D eigenvalue weighted by Gasteiger charge is -2.02. The van der Waals surface area contributed by atoms with E-state index in [-0.39, 0.29) is 17.2 Å². The molecule has 6 heteroatoms. The van der Waals surface area contributed by atoms with Crippen molar-refractivity contribution in [1.29, 1.82) is 0 Å². The van der Waals surface area contributed by atoms with E-state index in [1.165, 1.54) is 19.1 Å². The van der Waals surface area contributed by atoms with Crippen molar-refractivity contribution in [3.8, 4) is 0 Å². The molecule has 0 aliphatic rings. The fraction of sp³-hybridized carbons (Fsp3) is 0.250. The summed E-state index contributed by atoms with van der Waals surface area (Å²) in [6.45, 7) is 1.57. The van der Waals surface area contributed by atoms with Gasteiger partial charge < -0.3 is 4.74 Å². The van der Waals surface area contributed by atoms with E-state index in [0.717, 1.165) is 6.07 Å². The van der Waals surface area contributed by atoms with Crippen LogP contribution in [0.2, 0.25) is 5.02 Å². The van der Waals surface area contributed by atoms with Gasteiger partial charge in [0, 0.05) is 5.02 Å². The predicted octanol–water partition coefficient (Wildman–Crippen LogP) is 2.18. The monoisotopic (exact) mass is 272 g/mol. The number of benzene rings is 1. The molecular weight excluding hydrogens is 263 g/mol. The quantitative estimate of drug-likeness (QED) is 0.357. The maximum absolute atomic E-state index is 13.4. The third-order valence-corrected chi connectivity index (χ3v) is 2.29. The Hall–Kier alpha value is -1.75. The van der Waals surface area contributed by atoms with Gasteiger partial charge in [0.1, 0.15) is 5.82 Å². The highest BCUT2D eigenvalue weighted by atomic mass is 35.5. The van der Waals surface area contributed by atoms with Gasteiger partial charge in [-0.25, -0.2) is 9.18 Å². The van der Waals surface area contributed by atoms with E-state index in [9.17, 15) is 18.8 Å². The van der Waals surface area contributed by atoms with Gasteiger partial charge in [0.05, 0.1) is 18.6 Å². The van der Waals surface area contributed by atoms with E-state index in [4.69, 9.17) is 11.6 Å². The van der Waals surface area contributed by atoms with Gasteiger partial charge in [0.2, 0.25) is 5.78 Å². The second-order valence-corrected chi connectivity index (χ2v) is 3.80. The van der Waals surface area contributed by atoms with Crippen molar-refractivity contribution in [2.45, 2.75) is 13.3 Å². The number of Topliss-reactive ketones (excluding diaryl/α,β-unsaturated/α-hetero) is 2. The molecule has 1 aromatic rings. The number of ether oxygens (including phenoxy) is 1. The molecule has 0 amide bonds. The van der Waals surface area contributed by atoms with Crippen molar-refractivity contribution in [1.82, 2.24) is 0 Å². The Morgan fingerprint density at radius 3 is 2.56 bits per heavy atom. The lowest BCUT2D eigenvalue weighted by Crippen LogP contribution is -2.21. The average molecular weight is 273 g/mol. The van der Waals surface area contributed by atoms with E-state index in [2.05, 4.69) is 4.74 Å². The Morgan fingerprint density at radius 1 is 1.33 bits per heavy atom. The highest BCUT2D eigenvalue weighted by molar-refractivity contribution is 6.38. The SMILES string of the molecule is CCOC(=O)C(=O)CC(=O)c1ccc(Cl)cc1F. The van der Waals surface area contributed by atoms with Crippen LogP contribution in [0.1, 0.15) is 23.7 Å². The van der Waals surface area contributed by atoms with Gasteiger partial charge in [-0.05, 0) is 25.1 Å². The van der Waals surface area contributed by atoms with Crippen LogP contribution in [0.25, 0.3) is 0 Å². The van der Waals surface area contributed by atoms with Gasteiger partial charge in [-0.15, -0.1) is 0 Å². The summed E-state index contributed by atoms with van der Waals surface area (Å²) in [5.74, 6) is -3.72. The number of hydrogen-bond donors (Lipinski definition) is 0. The van der Waals surface area contributed by atoms with Crippen LogP contribution in [0.3, 0.4) is 0 Å². The number of carbonyl (C=O) groups is 3. The van der Waals surface area contributed by atoms with Gasteiger partial charge in [0.25, 0.3) is 0 Å². The fourth-order valence-electron chi connectivity index (χ4n) is 1.24. The van der Waals surface area contributed by atoms with Crippen LogP contribution in [0.15, 0.2) is 18.2 Å². The lowest BCUT2D eigenvalue weighted by atomic mass is 10.1. The summed E-state index contributed by atoms with van der Waals surface area (Å²) in [6.07, 6.45) is -0.725. The summed E-state index contributed by atoms with van der Waals surface area (Å²) in [4.78, 5) is 33.8. The summed E-state index contributed by atoms with van der Waals surface area (Å²) >= 11 is 5.53. The number of halogens is 2. The molecule has 0 aliphatic heterocycles. The summed E-state index contributed by atoms with van der Waals surface area (Å²) in [5, 5.41) is 0.140. The van der Waals surface area contributed by atoms with E-state index in [1.807, 2.05) is 0 Å². The van der Waals surface area contributed by atoms with Crippen molar-refractivity contribution in [3.63, 3.8) is 0 Å². The highest BCUT2D eigenvalue weighted by Gasteiger charge is 2.21. The van der Waals surface area contributed by atoms with Crippen LogP contribution in [-0.2, 0) is 14.3 Å². The molecule has 0 aliphatic carbocycles. The lowest BCUT2D eigenvalue weighted by molar-refractivity contribution is -0.153. The zero-order valence-electron chi connectivity index (χ0n) is 9.54. The zero-order chi connectivity index (χ0) is 13.7. The minimum atomic E-state index is -1.10. The highest BCUT2D eigenvalue weighted by Crippen LogP contribution is 2.16. The Kier molecular flexibility index (Phi) is 4.97. The molecule has 0 saturated carbocycles. The minimum Gasteiger partial charge on any atom is -0.460 e. The van der Waals surface area contributed by atoms with Gasteiger partial charge >= 0.3 is 5.97 Å². The predicted molar refractivity (Wildman–Crippen MR) is 62.0 cm³/mol. The van der Waals surface area contributed by atoms with Gasteiger partial charge in [-0.3, -0.25) is 9.59 Å². The Balaban J connectivity index is 2.77. The molecule has 0 aromatic heterocycles. The van der Waals surface area contributed by atoms with E-state index < -0.39 is 29.8 Å². The second kappa shape index (κ2) is 6.26. The number of carbonyl (C=O) groups excluding carboxylic acids is 3. The Bertz CT molecular complexity index is 499. The molecule has 0 spiro atoms. The fourth-order valence-corrected chi connectivity index (χ4v) is 1.40. The minimum absolute atomic E-state index is 0.0358. The molecule has 0 fully saturated rings. The van der Waals surface area contributed by atoms with E-state index in [0.29, 0.717) is 0 Å². The normalized spacial score (nSPS) is 9.94. The molecule has 0 radical (unpaired) electrons. The maximum Gasteiger partial charge on any atom is 0.375 e. The molecule has 0 heterocycles. The van der Waals surface area contributed by atoms with Crippen molar-refractivity contribution in [2.24, 2.45) is 0 Å². The molecule has 0 bridgehead atoms. The smallest absolute Gasteiger partial charge is 0.375 e. The first kappa shape index (κ1) is 14.3. The number of hydrogen-bond acceptors (Lipinski definition) is 4. The van der Waals surface area contributed by atoms with Gasteiger partial charge in [-0.1, -0.05) is 11.6 Å². The van der Waals surface area contributed by atoms with Crippen molar-refractivity contribution in [3.05, 3.63) is 34.6 Å². The summed E-state index contributed by atoms with van der Waals surface area (Å²) in [7, 11) is 0. The van der Waals surface area contributed by atoms with Crippen LogP contribution >= 0.6 is 11.6 Å². The number of esters is 1. The van der Waals surface area contributed by atoms with Gasteiger partial charge in [0.15, 0.2) is 5.78 Å². The largest absolute Gasteiger partial charge is 0.460 e. The molecular formula is C12H10ClFO4. The van der Waals surface area contributed by atoms with Crippen LogP contribution in [0.5, 0.6) is 0 Å². The molecule has 0 saturated heterocycles.